The molecule has 1 atom stereocenters. The molecule has 0 aromatic heterocycles. The second-order valence-electron chi connectivity index (χ2n) is 3.80. The summed E-state index contributed by atoms with van der Waals surface area (Å²) in [6.07, 6.45) is 0. The van der Waals surface area contributed by atoms with Crippen molar-refractivity contribution < 1.29 is 8.42 Å². The van der Waals surface area contributed by atoms with Crippen LogP contribution in [0.25, 0.3) is 0 Å². The van der Waals surface area contributed by atoms with Crippen LogP contribution in [0.5, 0.6) is 0 Å². The first kappa shape index (κ1) is 13.8. The first-order valence-electron chi connectivity index (χ1n) is 5.04. The van der Waals surface area contributed by atoms with Gasteiger partial charge in [0, 0.05) is 5.88 Å². The molecule has 0 saturated carbocycles. The SMILES string of the molecule is CC(CCl)CS(=O)(=O)Nc1ccccc1C#N. The number of sulfonamides is 1. The molecule has 6 heteroatoms. The molecule has 0 saturated heterocycles. The Balaban J connectivity index is 2.88. The molecule has 1 unspecified atom stereocenters. The van der Waals surface area contributed by atoms with Crippen molar-refractivity contribution in [3.8, 4) is 6.07 Å². The van der Waals surface area contributed by atoms with Crippen molar-refractivity contribution in [2.24, 2.45) is 5.92 Å². The number of nitrogens with one attached hydrogen (secondary N) is 1. The van der Waals surface area contributed by atoms with Crippen molar-refractivity contribution in [3.05, 3.63) is 29.8 Å². The topological polar surface area (TPSA) is 70.0 Å². The average molecular weight is 273 g/mol. The van der Waals surface area contributed by atoms with Gasteiger partial charge in [-0.2, -0.15) is 5.26 Å². The van der Waals surface area contributed by atoms with Gasteiger partial charge in [-0.15, -0.1) is 11.6 Å². The minimum atomic E-state index is -3.46. The first-order chi connectivity index (χ1) is 7.98. The molecule has 0 fully saturated rings. The Kier molecular flexibility index (Phi) is 4.79. The van der Waals surface area contributed by atoms with Crippen LogP contribution in [0.2, 0.25) is 0 Å². The van der Waals surface area contributed by atoms with E-state index < -0.39 is 10.0 Å². The summed E-state index contributed by atoms with van der Waals surface area (Å²) in [5.74, 6) is 0.0836. The van der Waals surface area contributed by atoms with Crippen molar-refractivity contribution >= 4 is 27.3 Å². The van der Waals surface area contributed by atoms with E-state index in [9.17, 15) is 8.42 Å². The standard InChI is InChI=1S/C11H13ClN2O2S/c1-9(6-12)8-17(15,16)14-11-5-3-2-4-10(11)7-13/h2-5,9,14H,6,8H2,1H3. The Bertz CT molecular complexity index is 523. The highest BCUT2D eigenvalue weighted by atomic mass is 35.5. The Morgan fingerprint density at radius 3 is 2.71 bits per heavy atom. The lowest BCUT2D eigenvalue weighted by atomic mass is 10.2. The summed E-state index contributed by atoms with van der Waals surface area (Å²) in [6.45, 7) is 1.75. The number of anilines is 1. The molecular weight excluding hydrogens is 260 g/mol. The zero-order valence-electron chi connectivity index (χ0n) is 9.35. The summed E-state index contributed by atoms with van der Waals surface area (Å²) >= 11 is 5.58. The van der Waals surface area contributed by atoms with E-state index in [-0.39, 0.29) is 17.6 Å². The third kappa shape index (κ3) is 4.25. The van der Waals surface area contributed by atoms with Gasteiger partial charge >= 0.3 is 0 Å². The van der Waals surface area contributed by atoms with E-state index in [1.165, 1.54) is 0 Å². The average Bonchev–Trinajstić information content (AvgIpc) is 2.28. The normalized spacial score (nSPS) is 12.8. The monoisotopic (exact) mass is 272 g/mol. The fourth-order valence-corrected chi connectivity index (χ4v) is 3.00. The van der Waals surface area contributed by atoms with Crippen LogP contribution >= 0.6 is 11.6 Å². The van der Waals surface area contributed by atoms with E-state index in [0.29, 0.717) is 11.3 Å². The Hall–Kier alpha value is -1.25. The number of alkyl halides is 1. The fraction of sp³-hybridized carbons (Fsp3) is 0.364. The molecule has 17 heavy (non-hydrogen) atoms. The molecule has 0 amide bonds. The molecule has 1 N–H and O–H groups in total. The molecule has 92 valence electrons. The van der Waals surface area contributed by atoms with Gasteiger partial charge in [-0.3, -0.25) is 4.72 Å². The summed E-state index contributed by atoms with van der Waals surface area (Å²) < 4.78 is 25.9. The van der Waals surface area contributed by atoms with Crippen LogP contribution in [-0.4, -0.2) is 20.1 Å². The van der Waals surface area contributed by atoms with Crippen LogP contribution < -0.4 is 4.72 Å². The highest BCUT2D eigenvalue weighted by Crippen LogP contribution is 2.16. The molecule has 0 spiro atoms. The van der Waals surface area contributed by atoms with Gasteiger partial charge in [0.05, 0.1) is 17.0 Å². The summed E-state index contributed by atoms with van der Waals surface area (Å²) in [7, 11) is -3.46. The Morgan fingerprint density at radius 2 is 2.12 bits per heavy atom. The van der Waals surface area contributed by atoms with Gasteiger partial charge < -0.3 is 0 Å². The molecular formula is C11H13ClN2O2S. The second-order valence-corrected chi connectivity index (χ2v) is 5.88. The first-order valence-corrected chi connectivity index (χ1v) is 7.22. The van der Waals surface area contributed by atoms with Crippen LogP contribution in [0.3, 0.4) is 0 Å². The smallest absolute Gasteiger partial charge is 0.233 e. The van der Waals surface area contributed by atoms with Crippen LogP contribution in [-0.2, 0) is 10.0 Å². The maximum atomic E-state index is 11.8. The zero-order chi connectivity index (χ0) is 12.9. The van der Waals surface area contributed by atoms with Gasteiger partial charge in [0.1, 0.15) is 6.07 Å². The quantitative estimate of drug-likeness (QED) is 0.835. The minimum absolute atomic E-state index is 0.0593. The minimum Gasteiger partial charge on any atom is -0.282 e. The van der Waals surface area contributed by atoms with E-state index in [1.807, 2.05) is 6.07 Å². The molecule has 0 radical (unpaired) electrons. The van der Waals surface area contributed by atoms with Gasteiger partial charge in [-0.25, -0.2) is 8.42 Å². The molecule has 0 heterocycles. The van der Waals surface area contributed by atoms with E-state index in [0.717, 1.165) is 0 Å². The second kappa shape index (κ2) is 5.89. The molecule has 0 aliphatic carbocycles. The maximum Gasteiger partial charge on any atom is 0.233 e. The number of para-hydroxylation sites is 1. The number of halogens is 1. The third-order valence-electron chi connectivity index (χ3n) is 2.08. The number of hydrogen-bond acceptors (Lipinski definition) is 3. The van der Waals surface area contributed by atoms with E-state index in [4.69, 9.17) is 16.9 Å². The van der Waals surface area contributed by atoms with E-state index in [2.05, 4.69) is 4.72 Å². The highest BCUT2D eigenvalue weighted by Gasteiger charge is 2.16. The van der Waals surface area contributed by atoms with Crippen molar-refractivity contribution in [2.75, 3.05) is 16.4 Å². The Morgan fingerprint density at radius 1 is 1.47 bits per heavy atom. The van der Waals surface area contributed by atoms with Crippen molar-refractivity contribution in [1.82, 2.24) is 0 Å². The Labute approximate surface area is 106 Å². The largest absolute Gasteiger partial charge is 0.282 e. The molecule has 0 bridgehead atoms. The van der Waals surface area contributed by atoms with E-state index >= 15 is 0 Å². The number of nitriles is 1. The lowest BCUT2D eigenvalue weighted by molar-refractivity contribution is 0.588. The van der Waals surface area contributed by atoms with Gasteiger partial charge in [-0.05, 0) is 18.1 Å². The summed E-state index contributed by atoms with van der Waals surface area (Å²) in [6, 6.07) is 8.40. The third-order valence-corrected chi connectivity index (χ3v) is 4.15. The number of hydrogen-bond donors (Lipinski definition) is 1. The van der Waals surface area contributed by atoms with Gasteiger partial charge in [0.25, 0.3) is 0 Å². The molecule has 0 aliphatic rings. The summed E-state index contributed by atoms with van der Waals surface area (Å²) in [5, 5.41) is 8.84. The van der Waals surface area contributed by atoms with Crippen LogP contribution in [0.4, 0.5) is 5.69 Å². The van der Waals surface area contributed by atoms with Crippen molar-refractivity contribution in [3.63, 3.8) is 0 Å². The van der Waals surface area contributed by atoms with Crippen LogP contribution in [0.15, 0.2) is 24.3 Å². The summed E-state index contributed by atoms with van der Waals surface area (Å²) in [5.41, 5.74) is 0.603. The molecule has 4 nitrogen and oxygen atoms in total. The molecule has 1 aromatic carbocycles. The number of benzene rings is 1. The lowest BCUT2D eigenvalue weighted by Crippen LogP contribution is -2.22. The van der Waals surface area contributed by atoms with Gasteiger partial charge in [-0.1, -0.05) is 19.1 Å². The fourth-order valence-electron chi connectivity index (χ4n) is 1.30. The van der Waals surface area contributed by atoms with Crippen LogP contribution in [0, 0.1) is 17.2 Å². The molecule has 1 rings (SSSR count). The summed E-state index contributed by atoms with van der Waals surface area (Å²) in [4.78, 5) is 0. The van der Waals surface area contributed by atoms with Crippen molar-refractivity contribution in [1.29, 1.82) is 5.26 Å². The molecule has 1 aromatic rings. The van der Waals surface area contributed by atoms with Gasteiger partial charge in [0.2, 0.25) is 10.0 Å². The maximum absolute atomic E-state index is 11.8. The zero-order valence-corrected chi connectivity index (χ0v) is 10.9. The van der Waals surface area contributed by atoms with Crippen molar-refractivity contribution in [2.45, 2.75) is 6.92 Å². The highest BCUT2D eigenvalue weighted by molar-refractivity contribution is 7.92. The van der Waals surface area contributed by atoms with E-state index in [1.54, 1.807) is 31.2 Å². The predicted octanol–water partition coefficient (Wildman–Crippen LogP) is 2.17. The predicted molar refractivity (Wildman–Crippen MR) is 68.5 cm³/mol. The van der Waals surface area contributed by atoms with Gasteiger partial charge in [0.15, 0.2) is 0 Å². The number of rotatable bonds is 5. The number of nitrogens with zero attached hydrogens (tertiary/aromatic N) is 1. The molecule has 0 aliphatic heterocycles. The van der Waals surface area contributed by atoms with Crippen LogP contribution in [0.1, 0.15) is 12.5 Å². The lowest BCUT2D eigenvalue weighted by Gasteiger charge is -2.11.